The average molecular weight is 273 g/mol. The third-order valence-electron chi connectivity index (χ3n) is 2.45. The Labute approximate surface area is 105 Å². The Balaban J connectivity index is 2.11. The second kappa shape index (κ2) is 4.93. The molecule has 2 N–H and O–H groups in total. The highest BCUT2D eigenvalue weighted by molar-refractivity contribution is 5.91. The van der Waals surface area contributed by atoms with Gasteiger partial charge in [-0.25, -0.2) is 4.79 Å². The van der Waals surface area contributed by atoms with E-state index in [4.69, 9.17) is 9.52 Å². The van der Waals surface area contributed by atoms with Crippen LogP contribution in [0.15, 0.2) is 28.7 Å². The summed E-state index contributed by atoms with van der Waals surface area (Å²) in [6, 6.07) is 6.05. The molecule has 1 heterocycles. The van der Waals surface area contributed by atoms with Crippen LogP contribution in [0, 0.1) is 0 Å². The Morgan fingerprint density at radius 2 is 2.05 bits per heavy atom. The molecule has 0 amide bonds. The lowest BCUT2D eigenvalue weighted by atomic mass is 10.1. The Hall–Kier alpha value is -2.02. The summed E-state index contributed by atoms with van der Waals surface area (Å²) < 4.78 is 40.9. The maximum Gasteiger partial charge on any atom is 0.401 e. The topological polar surface area (TPSA) is 62.5 Å². The van der Waals surface area contributed by atoms with E-state index in [1.807, 2.05) is 0 Å². The Morgan fingerprint density at radius 1 is 1.32 bits per heavy atom. The van der Waals surface area contributed by atoms with Crippen molar-refractivity contribution in [3.05, 3.63) is 35.6 Å². The molecule has 1 aromatic carbocycles. The largest absolute Gasteiger partial charge is 0.475 e. The molecule has 0 aliphatic heterocycles. The van der Waals surface area contributed by atoms with Gasteiger partial charge < -0.3 is 14.8 Å². The number of hydrogen-bond acceptors (Lipinski definition) is 3. The molecule has 0 radical (unpaired) electrons. The highest BCUT2D eigenvalue weighted by Gasteiger charge is 2.26. The number of alkyl halides is 3. The first-order chi connectivity index (χ1) is 8.85. The van der Waals surface area contributed by atoms with Crippen LogP contribution in [-0.4, -0.2) is 23.8 Å². The molecule has 0 bridgehead atoms. The minimum Gasteiger partial charge on any atom is -0.475 e. The zero-order valence-corrected chi connectivity index (χ0v) is 9.62. The smallest absolute Gasteiger partial charge is 0.401 e. The maximum absolute atomic E-state index is 12.0. The molecule has 19 heavy (non-hydrogen) atoms. The van der Waals surface area contributed by atoms with Crippen molar-refractivity contribution in [2.24, 2.45) is 0 Å². The molecule has 7 heteroatoms. The van der Waals surface area contributed by atoms with Crippen molar-refractivity contribution in [1.29, 1.82) is 0 Å². The summed E-state index contributed by atoms with van der Waals surface area (Å²) in [5.41, 5.74) is 1.01. The Morgan fingerprint density at radius 3 is 2.68 bits per heavy atom. The van der Waals surface area contributed by atoms with E-state index in [-0.39, 0.29) is 12.3 Å². The number of aromatic carboxylic acids is 1. The molecule has 4 nitrogen and oxygen atoms in total. The fourth-order valence-corrected chi connectivity index (χ4v) is 1.66. The van der Waals surface area contributed by atoms with E-state index >= 15 is 0 Å². The van der Waals surface area contributed by atoms with E-state index < -0.39 is 18.7 Å². The number of nitrogens with one attached hydrogen (secondary N) is 1. The predicted octanol–water partition coefficient (Wildman–Crippen LogP) is 2.78. The molecule has 0 saturated carbocycles. The monoisotopic (exact) mass is 273 g/mol. The highest BCUT2D eigenvalue weighted by atomic mass is 19.4. The molecule has 0 fully saturated rings. The quantitative estimate of drug-likeness (QED) is 0.899. The maximum atomic E-state index is 12.0. The number of hydrogen-bond donors (Lipinski definition) is 2. The molecule has 0 aliphatic rings. The fourth-order valence-electron chi connectivity index (χ4n) is 1.66. The zero-order chi connectivity index (χ0) is 14.0. The van der Waals surface area contributed by atoms with E-state index in [0.29, 0.717) is 16.5 Å². The van der Waals surface area contributed by atoms with Crippen LogP contribution in [0.5, 0.6) is 0 Å². The van der Waals surface area contributed by atoms with E-state index in [0.717, 1.165) is 0 Å². The lowest BCUT2D eigenvalue weighted by Gasteiger charge is -2.07. The number of halogens is 3. The summed E-state index contributed by atoms with van der Waals surface area (Å²) in [4.78, 5) is 10.7. The molecule has 0 aliphatic carbocycles. The Kier molecular flexibility index (Phi) is 3.48. The third kappa shape index (κ3) is 3.47. The number of benzene rings is 1. The third-order valence-corrected chi connectivity index (χ3v) is 2.45. The predicted molar refractivity (Wildman–Crippen MR) is 60.9 cm³/mol. The molecule has 2 aromatic rings. The SMILES string of the molecule is O=C(O)c1cc2cc(CNCC(F)(F)F)ccc2o1. The first kappa shape index (κ1) is 13.4. The van der Waals surface area contributed by atoms with Gasteiger partial charge in [0.2, 0.25) is 5.76 Å². The van der Waals surface area contributed by atoms with Gasteiger partial charge in [-0.1, -0.05) is 6.07 Å². The van der Waals surface area contributed by atoms with Crippen LogP contribution in [0.25, 0.3) is 11.0 Å². The molecule has 102 valence electrons. The fraction of sp³-hybridized carbons (Fsp3) is 0.250. The van der Waals surface area contributed by atoms with Crippen molar-refractivity contribution in [2.45, 2.75) is 12.7 Å². The van der Waals surface area contributed by atoms with Crippen LogP contribution in [0.1, 0.15) is 16.1 Å². The van der Waals surface area contributed by atoms with Crippen LogP contribution < -0.4 is 5.32 Å². The number of furan rings is 1. The van der Waals surface area contributed by atoms with Crippen LogP contribution in [0.3, 0.4) is 0 Å². The summed E-state index contributed by atoms with van der Waals surface area (Å²) in [6.45, 7) is -1.03. The summed E-state index contributed by atoms with van der Waals surface area (Å²) in [6.07, 6.45) is -4.25. The van der Waals surface area contributed by atoms with Crippen LogP contribution >= 0.6 is 0 Å². The number of carboxylic acids is 1. The molecular weight excluding hydrogens is 263 g/mol. The summed E-state index contributed by atoms with van der Waals surface area (Å²) >= 11 is 0. The molecule has 0 spiro atoms. The van der Waals surface area contributed by atoms with Crippen molar-refractivity contribution in [3.63, 3.8) is 0 Å². The summed E-state index contributed by atoms with van der Waals surface area (Å²) in [5, 5.41) is 11.6. The standard InChI is InChI=1S/C12H10F3NO3/c13-12(14,15)6-16-5-7-1-2-9-8(3-7)4-10(19-9)11(17)18/h1-4,16H,5-6H2,(H,17,18). The second-order valence-corrected chi connectivity index (χ2v) is 4.01. The second-order valence-electron chi connectivity index (χ2n) is 4.01. The number of fused-ring (bicyclic) bond motifs is 1. The first-order valence-corrected chi connectivity index (χ1v) is 5.38. The van der Waals surface area contributed by atoms with Gasteiger partial charge in [-0.3, -0.25) is 0 Å². The van der Waals surface area contributed by atoms with Crippen molar-refractivity contribution in [3.8, 4) is 0 Å². The number of carboxylic acid groups (broad SMARTS) is 1. The molecular formula is C12H10F3NO3. The average Bonchev–Trinajstić information content (AvgIpc) is 2.70. The van der Waals surface area contributed by atoms with Crippen molar-refractivity contribution >= 4 is 16.9 Å². The molecule has 0 atom stereocenters. The van der Waals surface area contributed by atoms with Gasteiger partial charge in [0, 0.05) is 11.9 Å². The van der Waals surface area contributed by atoms with Crippen LogP contribution in [-0.2, 0) is 6.54 Å². The van der Waals surface area contributed by atoms with E-state index in [2.05, 4.69) is 5.32 Å². The molecule has 0 saturated heterocycles. The molecule has 2 rings (SSSR count). The van der Waals surface area contributed by atoms with Gasteiger partial charge in [0.05, 0.1) is 6.54 Å². The Bertz CT molecular complexity index is 604. The first-order valence-electron chi connectivity index (χ1n) is 5.38. The lowest BCUT2D eigenvalue weighted by molar-refractivity contribution is -0.125. The van der Waals surface area contributed by atoms with Gasteiger partial charge in [-0.05, 0) is 23.8 Å². The van der Waals surface area contributed by atoms with E-state index in [1.165, 1.54) is 12.1 Å². The van der Waals surface area contributed by atoms with Gasteiger partial charge in [-0.15, -0.1) is 0 Å². The van der Waals surface area contributed by atoms with Gasteiger partial charge >= 0.3 is 12.1 Å². The normalized spacial score (nSPS) is 11.9. The molecule has 0 unspecified atom stereocenters. The van der Waals surface area contributed by atoms with Crippen molar-refractivity contribution in [2.75, 3.05) is 6.54 Å². The van der Waals surface area contributed by atoms with E-state index in [1.54, 1.807) is 12.1 Å². The summed E-state index contributed by atoms with van der Waals surface area (Å²) in [7, 11) is 0. The van der Waals surface area contributed by atoms with Gasteiger partial charge in [0.1, 0.15) is 5.58 Å². The van der Waals surface area contributed by atoms with Gasteiger partial charge in [0.15, 0.2) is 0 Å². The highest BCUT2D eigenvalue weighted by Crippen LogP contribution is 2.21. The minimum atomic E-state index is -4.25. The van der Waals surface area contributed by atoms with Crippen molar-refractivity contribution < 1.29 is 27.5 Å². The van der Waals surface area contributed by atoms with E-state index in [9.17, 15) is 18.0 Å². The number of carbonyl (C=O) groups is 1. The lowest BCUT2D eigenvalue weighted by Crippen LogP contribution is -2.28. The summed E-state index contributed by atoms with van der Waals surface area (Å²) in [5.74, 6) is -1.39. The number of rotatable bonds is 4. The molecule has 1 aromatic heterocycles. The van der Waals surface area contributed by atoms with Gasteiger partial charge in [-0.2, -0.15) is 13.2 Å². The zero-order valence-electron chi connectivity index (χ0n) is 9.62. The van der Waals surface area contributed by atoms with Crippen LogP contribution in [0.4, 0.5) is 13.2 Å². The van der Waals surface area contributed by atoms with Gasteiger partial charge in [0.25, 0.3) is 0 Å². The van der Waals surface area contributed by atoms with Crippen molar-refractivity contribution in [1.82, 2.24) is 5.32 Å². The van der Waals surface area contributed by atoms with Crippen LogP contribution in [0.2, 0.25) is 0 Å². The minimum absolute atomic E-state index is 0.0447.